The predicted octanol–water partition coefficient (Wildman–Crippen LogP) is 1.83. The van der Waals surface area contributed by atoms with Gasteiger partial charge in [-0.1, -0.05) is 11.6 Å². The number of hydrogen-bond acceptors (Lipinski definition) is 4. The van der Waals surface area contributed by atoms with E-state index >= 15 is 0 Å². The second kappa shape index (κ2) is 5.87. The zero-order chi connectivity index (χ0) is 15.6. The van der Waals surface area contributed by atoms with Crippen LogP contribution in [-0.4, -0.2) is 40.7 Å². The zero-order valence-corrected chi connectivity index (χ0v) is 12.2. The van der Waals surface area contributed by atoms with Crippen molar-refractivity contribution in [1.82, 2.24) is 4.90 Å². The van der Waals surface area contributed by atoms with Gasteiger partial charge in [-0.2, -0.15) is 0 Å². The summed E-state index contributed by atoms with van der Waals surface area (Å²) < 4.78 is 0. The highest BCUT2D eigenvalue weighted by atomic mass is 35.5. The largest absolute Gasteiger partial charge is 0.504 e. The van der Waals surface area contributed by atoms with Gasteiger partial charge in [0.2, 0.25) is 0 Å². The van der Waals surface area contributed by atoms with Gasteiger partial charge in [-0.05, 0) is 13.8 Å². The number of urea groups is 1. The SMILES string of the molecule is CCN(C(=N)N)C(=O)N(C)c1c(Cl)cc(O)c(O)c1C. The molecule has 8 heteroatoms. The fourth-order valence-corrected chi connectivity index (χ4v) is 2.21. The van der Waals surface area contributed by atoms with Crippen LogP contribution in [0, 0.1) is 12.3 Å². The molecule has 110 valence electrons. The standard InChI is InChI=1S/C12H17ClN4O3/c1-4-17(11(14)15)12(20)16(3)9-6(2)10(19)8(18)5-7(9)13/h5,18-19H,4H2,1-3H3,(H3,14,15). The Balaban J connectivity index is 3.28. The fourth-order valence-electron chi connectivity index (χ4n) is 1.84. The molecule has 0 atom stereocenters. The van der Waals surface area contributed by atoms with E-state index in [0.29, 0.717) is 0 Å². The Labute approximate surface area is 121 Å². The molecule has 0 saturated carbocycles. The minimum absolute atomic E-state index is 0.105. The number of phenolic OH excluding ortho intramolecular Hbond substituents is 2. The molecule has 0 fully saturated rings. The molecule has 0 aliphatic rings. The molecule has 0 unspecified atom stereocenters. The molecule has 1 aromatic carbocycles. The van der Waals surface area contributed by atoms with Crippen LogP contribution < -0.4 is 10.6 Å². The smallest absolute Gasteiger partial charge is 0.331 e. The number of nitrogens with one attached hydrogen (secondary N) is 1. The molecule has 0 aliphatic carbocycles. The third-order valence-corrected chi connectivity index (χ3v) is 3.19. The summed E-state index contributed by atoms with van der Waals surface area (Å²) in [5.41, 5.74) is 5.83. The number of benzene rings is 1. The van der Waals surface area contributed by atoms with Crippen LogP contribution in [0.3, 0.4) is 0 Å². The number of phenols is 2. The van der Waals surface area contributed by atoms with Crippen molar-refractivity contribution in [2.75, 3.05) is 18.5 Å². The van der Waals surface area contributed by atoms with Crippen LogP contribution in [0.1, 0.15) is 12.5 Å². The van der Waals surface area contributed by atoms with E-state index in [1.54, 1.807) is 6.92 Å². The van der Waals surface area contributed by atoms with E-state index < -0.39 is 6.03 Å². The van der Waals surface area contributed by atoms with Crippen molar-refractivity contribution < 1.29 is 15.0 Å². The topological polar surface area (TPSA) is 114 Å². The lowest BCUT2D eigenvalue weighted by Crippen LogP contribution is -2.47. The maximum Gasteiger partial charge on any atom is 0.331 e. The predicted molar refractivity (Wildman–Crippen MR) is 77.6 cm³/mol. The van der Waals surface area contributed by atoms with Crippen molar-refractivity contribution in [3.63, 3.8) is 0 Å². The first-order valence-electron chi connectivity index (χ1n) is 5.82. The number of aromatic hydroxyl groups is 2. The van der Waals surface area contributed by atoms with E-state index in [9.17, 15) is 15.0 Å². The molecule has 1 aromatic rings. The Bertz CT molecular complexity index is 562. The van der Waals surface area contributed by atoms with Gasteiger partial charge in [0.25, 0.3) is 0 Å². The number of nitrogens with two attached hydrogens (primary N) is 1. The van der Waals surface area contributed by atoms with E-state index in [0.717, 1.165) is 11.0 Å². The van der Waals surface area contributed by atoms with Gasteiger partial charge in [0, 0.05) is 25.2 Å². The molecular formula is C12H17ClN4O3. The first-order valence-corrected chi connectivity index (χ1v) is 6.20. The Kier molecular flexibility index (Phi) is 4.67. The number of halogens is 1. The highest BCUT2D eigenvalue weighted by Crippen LogP contribution is 2.41. The summed E-state index contributed by atoms with van der Waals surface area (Å²) in [6, 6.07) is 0.586. The van der Waals surface area contributed by atoms with E-state index in [1.807, 2.05) is 0 Å². The summed E-state index contributed by atoms with van der Waals surface area (Å²) >= 11 is 6.00. The summed E-state index contributed by atoms with van der Waals surface area (Å²) in [6.07, 6.45) is 0. The number of guanidine groups is 1. The van der Waals surface area contributed by atoms with Crippen molar-refractivity contribution in [1.29, 1.82) is 5.41 Å². The normalized spacial score (nSPS) is 10.2. The van der Waals surface area contributed by atoms with Crippen molar-refractivity contribution >= 4 is 29.3 Å². The van der Waals surface area contributed by atoms with Gasteiger partial charge in [0.05, 0.1) is 10.7 Å². The van der Waals surface area contributed by atoms with Crippen LogP contribution in [0.5, 0.6) is 11.5 Å². The molecular weight excluding hydrogens is 284 g/mol. The Morgan fingerprint density at radius 1 is 1.50 bits per heavy atom. The van der Waals surface area contributed by atoms with Gasteiger partial charge in [-0.15, -0.1) is 0 Å². The molecule has 1 rings (SSSR count). The van der Waals surface area contributed by atoms with Crippen LogP contribution >= 0.6 is 11.6 Å². The van der Waals surface area contributed by atoms with Crippen LogP contribution in [0.4, 0.5) is 10.5 Å². The minimum Gasteiger partial charge on any atom is -0.504 e. The number of amides is 2. The van der Waals surface area contributed by atoms with Gasteiger partial charge < -0.3 is 15.9 Å². The summed E-state index contributed by atoms with van der Waals surface area (Å²) in [6.45, 7) is 3.42. The highest BCUT2D eigenvalue weighted by Gasteiger charge is 2.25. The lowest BCUT2D eigenvalue weighted by Gasteiger charge is -2.27. The van der Waals surface area contributed by atoms with E-state index in [2.05, 4.69) is 0 Å². The van der Waals surface area contributed by atoms with Crippen LogP contribution in [0.25, 0.3) is 0 Å². The molecule has 2 amide bonds. The van der Waals surface area contributed by atoms with Gasteiger partial charge >= 0.3 is 6.03 Å². The molecule has 0 heterocycles. The lowest BCUT2D eigenvalue weighted by molar-refractivity contribution is 0.229. The number of carbonyl (C=O) groups excluding carboxylic acids is 1. The fraction of sp³-hybridized carbons (Fsp3) is 0.333. The van der Waals surface area contributed by atoms with E-state index in [-0.39, 0.29) is 40.3 Å². The molecule has 20 heavy (non-hydrogen) atoms. The number of carbonyl (C=O) groups is 1. The Morgan fingerprint density at radius 2 is 2.05 bits per heavy atom. The Hall–Kier alpha value is -2.15. The average molecular weight is 301 g/mol. The van der Waals surface area contributed by atoms with Crippen LogP contribution in [-0.2, 0) is 0 Å². The van der Waals surface area contributed by atoms with Gasteiger partial charge in [-0.3, -0.25) is 15.2 Å². The van der Waals surface area contributed by atoms with Crippen molar-refractivity contribution in [2.24, 2.45) is 5.73 Å². The molecule has 5 N–H and O–H groups in total. The molecule has 0 radical (unpaired) electrons. The quantitative estimate of drug-likeness (QED) is 0.379. The molecule has 0 saturated heterocycles. The Morgan fingerprint density at radius 3 is 2.50 bits per heavy atom. The summed E-state index contributed by atoms with van der Waals surface area (Å²) in [7, 11) is 1.44. The maximum atomic E-state index is 12.2. The highest BCUT2D eigenvalue weighted by molar-refractivity contribution is 6.34. The van der Waals surface area contributed by atoms with Gasteiger partial charge in [-0.25, -0.2) is 4.79 Å². The molecule has 7 nitrogen and oxygen atoms in total. The monoisotopic (exact) mass is 300 g/mol. The molecule has 0 aliphatic heterocycles. The third kappa shape index (κ3) is 2.72. The van der Waals surface area contributed by atoms with E-state index in [1.165, 1.54) is 18.9 Å². The maximum absolute atomic E-state index is 12.2. The van der Waals surface area contributed by atoms with Crippen LogP contribution in [0.2, 0.25) is 5.02 Å². The number of anilines is 1. The van der Waals surface area contributed by atoms with Crippen molar-refractivity contribution in [2.45, 2.75) is 13.8 Å². The van der Waals surface area contributed by atoms with E-state index in [4.69, 9.17) is 22.7 Å². The summed E-state index contributed by atoms with van der Waals surface area (Å²) in [4.78, 5) is 14.5. The van der Waals surface area contributed by atoms with Gasteiger partial charge in [0.15, 0.2) is 17.5 Å². The van der Waals surface area contributed by atoms with Gasteiger partial charge in [0.1, 0.15) is 0 Å². The summed E-state index contributed by atoms with van der Waals surface area (Å²) in [5, 5.41) is 26.6. The molecule has 0 bridgehead atoms. The second-order valence-corrected chi connectivity index (χ2v) is 4.58. The van der Waals surface area contributed by atoms with Crippen molar-refractivity contribution in [3.05, 3.63) is 16.7 Å². The summed E-state index contributed by atoms with van der Waals surface area (Å²) in [5.74, 6) is -1.10. The second-order valence-electron chi connectivity index (χ2n) is 4.17. The minimum atomic E-state index is -0.560. The molecule has 0 spiro atoms. The van der Waals surface area contributed by atoms with Crippen LogP contribution in [0.15, 0.2) is 6.07 Å². The number of nitrogens with zero attached hydrogens (tertiary/aromatic N) is 2. The first kappa shape index (κ1) is 15.9. The molecule has 0 aromatic heterocycles. The lowest BCUT2D eigenvalue weighted by atomic mass is 10.1. The first-order chi connectivity index (χ1) is 9.22. The number of rotatable bonds is 2. The third-order valence-electron chi connectivity index (χ3n) is 2.90. The zero-order valence-electron chi connectivity index (χ0n) is 11.4. The number of hydrogen-bond donors (Lipinski definition) is 4. The average Bonchev–Trinajstić information content (AvgIpc) is 2.36. The van der Waals surface area contributed by atoms with Crippen molar-refractivity contribution in [3.8, 4) is 11.5 Å².